The van der Waals surface area contributed by atoms with Crippen LogP contribution in [-0.2, 0) is 9.59 Å². The van der Waals surface area contributed by atoms with E-state index in [2.05, 4.69) is 10.6 Å². The lowest BCUT2D eigenvalue weighted by molar-refractivity contribution is -0.139. The maximum atomic E-state index is 11.7. The van der Waals surface area contributed by atoms with Gasteiger partial charge in [-0.15, -0.1) is 0 Å². The molecule has 1 rings (SSSR count). The maximum absolute atomic E-state index is 11.7. The van der Waals surface area contributed by atoms with Crippen molar-refractivity contribution in [1.82, 2.24) is 15.5 Å². The zero-order valence-electron chi connectivity index (χ0n) is 9.73. The van der Waals surface area contributed by atoms with Crippen molar-refractivity contribution in [3.8, 4) is 0 Å². The molecule has 0 radical (unpaired) electrons. The Morgan fingerprint density at radius 3 is 2.88 bits per heavy atom. The van der Waals surface area contributed by atoms with Crippen LogP contribution in [0.25, 0.3) is 0 Å². The van der Waals surface area contributed by atoms with Crippen molar-refractivity contribution < 1.29 is 19.5 Å². The summed E-state index contributed by atoms with van der Waals surface area (Å²) in [6.07, 6.45) is 0.976. The minimum absolute atomic E-state index is 0.0259. The van der Waals surface area contributed by atoms with E-state index in [1.807, 2.05) is 0 Å². The molecule has 3 amide bonds. The number of carbonyl (C=O) groups excluding carboxylic acids is 2. The maximum Gasteiger partial charge on any atom is 0.326 e. The van der Waals surface area contributed by atoms with E-state index in [1.54, 1.807) is 6.92 Å². The SMILES string of the molecule is CC[C@H](NC(=O)N1CCCNC(=O)C1)C(=O)O. The lowest BCUT2D eigenvalue weighted by atomic mass is 10.2. The van der Waals surface area contributed by atoms with Crippen molar-refractivity contribution >= 4 is 17.9 Å². The topological polar surface area (TPSA) is 98.7 Å². The van der Waals surface area contributed by atoms with E-state index in [0.29, 0.717) is 25.9 Å². The molecule has 96 valence electrons. The summed E-state index contributed by atoms with van der Waals surface area (Å²) in [5.41, 5.74) is 0. The molecule has 1 heterocycles. The standard InChI is InChI=1S/C10H17N3O4/c1-2-7(9(15)16)12-10(17)13-5-3-4-11-8(14)6-13/h7H,2-6H2,1H3,(H,11,14)(H,12,17)(H,15,16)/t7-/m0/s1. The number of hydrogen-bond donors (Lipinski definition) is 3. The van der Waals surface area contributed by atoms with Crippen LogP contribution >= 0.6 is 0 Å². The van der Waals surface area contributed by atoms with Crippen LogP contribution < -0.4 is 10.6 Å². The summed E-state index contributed by atoms with van der Waals surface area (Å²) >= 11 is 0. The first-order valence-corrected chi connectivity index (χ1v) is 5.59. The Kier molecular flexibility index (Phi) is 4.74. The van der Waals surface area contributed by atoms with Gasteiger partial charge in [-0.1, -0.05) is 6.92 Å². The number of urea groups is 1. The summed E-state index contributed by atoms with van der Waals surface area (Å²) in [6.45, 7) is 2.63. The summed E-state index contributed by atoms with van der Waals surface area (Å²) in [7, 11) is 0. The number of hydrogen-bond acceptors (Lipinski definition) is 3. The summed E-state index contributed by atoms with van der Waals surface area (Å²) < 4.78 is 0. The molecule has 3 N–H and O–H groups in total. The smallest absolute Gasteiger partial charge is 0.326 e. The molecule has 1 aliphatic heterocycles. The zero-order valence-corrected chi connectivity index (χ0v) is 9.73. The van der Waals surface area contributed by atoms with Crippen LogP contribution in [0.4, 0.5) is 4.79 Å². The Hall–Kier alpha value is -1.79. The number of carboxylic acids is 1. The molecule has 0 unspecified atom stereocenters. The highest BCUT2D eigenvalue weighted by Crippen LogP contribution is 1.99. The van der Waals surface area contributed by atoms with E-state index in [0.717, 1.165) is 0 Å². The van der Waals surface area contributed by atoms with Crippen LogP contribution in [-0.4, -0.2) is 53.6 Å². The van der Waals surface area contributed by atoms with Crippen LogP contribution in [0.5, 0.6) is 0 Å². The molecule has 1 aliphatic rings. The molecule has 0 aromatic heterocycles. The van der Waals surface area contributed by atoms with E-state index >= 15 is 0 Å². The van der Waals surface area contributed by atoms with Gasteiger partial charge in [0.2, 0.25) is 5.91 Å². The van der Waals surface area contributed by atoms with Gasteiger partial charge in [0.1, 0.15) is 12.6 Å². The molecule has 0 saturated carbocycles. The molecule has 0 aromatic rings. The summed E-state index contributed by atoms with van der Waals surface area (Å²) in [5, 5.41) is 13.8. The number of amides is 3. The van der Waals surface area contributed by atoms with Crippen LogP contribution in [0.15, 0.2) is 0 Å². The van der Waals surface area contributed by atoms with Gasteiger partial charge in [-0.2, -0.15) is 0 Å². The number of carboxylic acid groups (broad SMARTS) is 1. The predicted octanol–water partition coefficient (Wildman–Crippen LogP) is -0.619. The third-order valence-electron chi connectivity index (χ3n) is 2.55. The van der Waals surface area contributed by atoms with Gasteiger partial charge in [-0.25, -0.2) is 9.59 Å². The molecular formula is C10H17N3O4. The Morgan fingerprint density at radius 1 is 1.59 bits per heavy atom. The summed E-state index contributed by atoms with van der Waals surface area (Å²) in [5.74, 6) is -1.29. The first kappa shape index (κ1) is 13.3. The number of carbonyl (C=O) groups is 3. The zero-order chi connectivity index (χ0) is 12.8. The normalized spacial score (nSPS) is 17.9. The van der Waals surface area contributed by atoms with Crippen molar-refractivity contribution in [2.45, 2.75) is 25.8 Å². The third kappa shape index (κ3) is 3.93. The lowest BCUT2D eigenvalue weighted by Gasteiger charge is -2.22. The average molecular weight is 243 g/mol. The highest BCUT2D eigenvalue weighted by molar-refractivity contribution is 5.86. The first-order chi connectivity index (χ1) is 8.04. The van der Waals surface area contributed by atoms with Crippen molar-refractivity contribution in [2.75, 3.05) is 19.6 Å². The Morgan fingerprint density at radius 2 is 2.29 bits per heavy atom. The molecule has 0 bridgehead atoms. The van der Waals surface area contributed by atoms with Gasteiger partial charge in [0.15, 0.2) is 0 Å². The van der Waals surface area contributed by atoms with E-state index in [1.165, 1.54) is 4.90 Å². The second-order valence-corrected chi connectivity index (χ2v) is 3.87. The molecule has 0 spiro atoms. The minimum Gasteiger partial charge on any atom is -0.480 e. The second kappa shape index (κ2) is 6.07. The van der Waals surface area contributed by atoms with E-state index in [4.69, 9.17) is 5.11 Å². The molecule has 0 aliphatic carbocycles. The van der Waals surface area contributed by atoms with Crippen LogP contribution in [0.1, 0.15) is 19.8 Å². The van der Waals surface area contributed by atoms with Crippen molar-refractivity contribution in [2.24, 2.45) is 0 Å². The van der Waals surface area contributed by atoms with Crippen LogP contribution in [0.2, 0.25) is 0 Å². The van der Waals surface area contributed by atoms with Crippen molar-refractivity contribution in [3.05, 3.63) is 0 Å². The largest absolute Gasteiger partial charge is 0.480 e. The third-order valence-corrected chi connectivity index (χ3v) is 2.55. The van der Waals surface area contributed by atoms with Gasteiger partial charge in [0.05, 0.1) is 0 Å². The fourth-order valence-electron chi connectivity index (χ4n) is 1.56. The highest BCUT2D eigenvalue weighted by Gasteiger charge is 2.24. The molecule has 1 fully saturated rings. The fourth-order valence-corrected chi connectivity index (χ4v) is 1.56. The Balaban J connectivity index is 2.56. The van der Waals surface area contributed by atoms with Crippen LogP contribution in [0, 0.1) is 0 Å². The van der Waals surface area contributed by atoms with Gasteiger partial charge < -0.3 is 20.6 Å². The van der Waals surface area contributed by atoms with Gasteiger partial charge in [-0.3, -0.25) is 4.79 Å². The summed E-state index contributed by atoms with van der Waals surface area (Å²) in [4.78, 5) is 35.1. The second-order valence-electron chi connectivity index (χ2n) is 3.87. The molecular weight excluding hydrogens is 226 g/mol. The summed E-state index contributed by atoms with van der Waals surface area (Å²) in [6, 6.07) is -1.41. The number of rotatable bonds is 3. The molecule has 1 atom stereocenters. The van der Waals surface area contributed by atoms with Crippen LogP contribution in [0.3, 0.4) is 0 Å². The van der Waals surface area contributed by atoms with E-state index < -0.39 is 18.0 Å². The first-order valence-electron chi connectivity index (χ1n) is 5.59. The number of nitrogens with zero attached hydrogens (tertiary/aromatic N) is 1. The quantitative estimate of drug-likeness (QED) is 0.615. The monoisotopic (exact) mass is 243 g/mol. The number of nitrogens with one attached hydrogen (secondary N) is 2. The van der Waals surface area contributed by atoms with E-state index in [9.17, 15) is 14.4 Å². The average Bonchev–Trinajstić information content (AvgIpc) is 2.50. The lowest BCUT2D eigenvalue weighted by Crippen LogP contribution is -2.49. The fraction of sp³-hybridized carbons (Fsp3) is 0.700. The minimum atomic E-state index is -1.07. The molecule has 0 aromatic carbocycles. The highest BCUT2D eigenvalue weighted by atomic mass is 16.4. The van der Waals surface area contributed by atoms with Gasteiger partial charge in [0.25, 0.3) is 0 Å². The predicted molar refractivity (Wildman–Crippen MR) is 59.4 cm³/mol. The van der Waals surface area contributed by atoms with E-state index in [-0.39, 0.29) is 12.5 Å². The van der Waals surface area contributed by atoms with Gasteiger partial charge in [0, 0.05) is 13.1 Å². The van der Waals surface area contributed by atoms with Crippen molar-refractivity contribution in [1.29, 1.82) is 0 Å². The Bertz CT molecular complexity index is 319. The molecule has 7 nitrogen and oxygen atoms in total. The Labute approximate surface area is 99.2 Å². The molecule has 1 saturated heterocycles. The van der Waals surface area contributed by atoms with Gasteiger partial charge in [-0.05, 0) is 12.8 Å². The van der Waals surface area contributed by atoms with Gasteiger partial charge >= 0.3 is 12.0 Å². The molecule has 7 heteroatoms. The van der Waals surface area contributed by atoms with Crippen molar-refractivity contribution in [3.63, 3.8) is 0 Å². The molecule has 17 heavy (non-hydrogen) atoms. The number of aliphatic carboxylic acids is 1.